The van der Waals surface area contributed by atoms with Gasteiger partial charge in [-0.15, -0.1) is 5.10 Å². The van der Waals surface area contributed by atoms with Crippen LogP contribution >= 0.6 is 0 Å². The van der Waals surface area contributed by atoms with Crippen LogP contribution in [0.15, 0.2) is 27.9 Å². The van der Waals surface area contributed by atoms with Gasteiger partial charge in [-0.2, -0.15) is 4.31 Å². The molecule has 1 aliphatic heterocycles. The lowest BCUT2D eigenvalue weighted by molar-refractivity contribution is 0.118. The Labute approximate surface area is 222 Å². The Morgan fingerprint density at radius 3 is 2.53 bits per heavy atom. The van der Waals surface area contributed by atoms with Crippen molar-refractivity contribution >= 4 is 15.5 Å². The first-order valence-electron chi connectivity index (χ1n) is 13.2. The average molecular weight is 548 g/mol. The lowest BCUT2D eigenvalue weighted by Gasteiger charge is -2.32. The molecular formula is C26H37N5O6S. The molecule has 1 aliphatic rings. The second-order valence-electron chi connectivity index (χ2n) is 9.83. The van der Waals surface area contributed by atoms with E-state index in [0.29, 0.717) is 73.7 Å². The zero-order valence-corrected chi connectivity index (χ0v) is 23.0. The van der Waals surface area contributed by atoms with Crippen LogP contribution in [0.1, 0.15) is 51.0 Å². The Morgan fingerprint density at radius 2 is 1.89 bits per heavy atom. The minimum absolute atomic E-state index is 0.0789. The van der Waals surface area contributed by atoms with Crippen LogP contribution in [-0.2, 0) is 16.4 Å². The van der Waals surface area contributed by atoms with Crippen molar-refractivity contribution < 1.29 is 23.4 Å². The van der Waals surface area contributed by atoms with Crippen molar-refractivity contribution in [3.8, 4) is 17.1 Å². The third-order valence-electron chi connectivity index (χ3n) is 7.12. The van der Waals surface area contributed by atoms with Crippen LogP contribution in [0.25, 0.3) is 16.9 Å². The van der Waals surface area contributed by atoms with Crippen LogP contribution in [-0.4, -0.2) is 75.4 Å². The number of rotatable bonds is 11. The van der Waals surface area contributed by atoms with Crippen LogP contribution in [0, 0.1) is 18.8 Å². The topological polar surface area (TPSA) is 150 Å². The third-order valence-corrected chi connectivity index (χ3v) is 9.01. The van der Waals surface area contributed by atoms with E-state index in [9.17, 15) is 23.4 Å². The molecule has 38 heavy (non-hydrogen) atoms. The lowest BCUT2D eigenvalue weighted by Crippen LogP contribution is -2.39. The number of fused-ring (bicyclic) bond motifs is 1. The van der Waals surface area contributed by atoms with Gasteiger partial charge in [0.2, 0.25) is 10.0 Å². The highest BCUT2D eigenvalue weighted by Gasteiger charge is 2.31. The van der Waals surface area contributed by atoms with Crippen molar-refractivity contribution in [3.05, 3.63) is 40.1 Å². The lowest BCUT2D eigenvalue weighted by atomic mass is 9.88. The van der Waals surface area contributed by atoms with E-state index in [0.717, 1.165) is 6.42 Å². The van der Waals surface area contributed by atoms with Crippen LogP contribution in [0.4, 0.5) is 0 Å². The first-order chi connectivity index (χ1) is 18.2. The summed E-state index contributed by atoms with van der Waals surface area (Å²) in [7, 11) is -3.81. The minimum atomic E-state index is -3.81. The van der Waals surface area contributed by atoms with Crippen LogP contribution in [0.2, 0.25) is 0 Å². The van der Waals surface area contributed by atoms with Crippen molar-refractivity contribution in [1.82, 2.24) is 23.9 Å². The largest absolute Gasteiger partial charge is 0.493 e. The fourth-order valence-corrected chi connectivity index (χ4v) is 6.59. The van der Waals surface area contributed by atoms with E-state index in [1.54, 1.807) is 17.5 Å². The summed E-state index contributed by atoms with van der Waals surface area (Å²) >= 11 is 0. The maximum absolute atomic E-state index is 13.6. The molecule has 208 valence electrons. The number of benzene rings is 1. The summed E-state index contributed by atoms with van der Waals surface area (Å²) in [4.78, 5) is 20.4. The monoisotopic (exact) mass is 547 g/mol. The minimum Gasteiger partial charge on any atom is -0.493 e. The number of aliphatic hydroxyl groups is 2. The number of aromatic nitrogens is 4. The maximum atomic E-state index is 13.6. The highest BCUT2D eigenvalue weighted by atomic mass is 32.2. The molecule has 0 aliphatic carbocycles. The molecule has 0 radical (unpaired) electrons. The van der Waals surface area contributed by atoms with Gasteiger partial charge in [0.1, 0.15) is 11.6 Å². The number of hydrogen-bond acceptors (Lipinski definition) is 8. The Morgan fingerprint density at radius 1 is 1.18 bits per heavy atom. The van der Waals surface area contributed by atoms with Crippen molar-refractivity contribution in [3.63, 3.8) is 0 Å². The molecule has 0 unspecified atom stereocenters. The van der Waals surface area contributed by atoms with Gasteiger partial charge in [0.15, 0.2) is 11.3 Å². The number of sulfonamides is 1. The first-order valence-corrected chi connectivity index (χ1v) is 14.6. The number of aliphatic hydroxyl groups excluding tert-OH is 2. The van der Waals surface area contributed by atoms with Gasteiger partial charge in [-0.1, -0.05) is 6.92 Å². The van der Waals surface area contributed by atoms with E-state index in [1.165, 1.54) is 16.4 Å². The summed E-state index contributed by atoms with van der Waals surface area (Å²) in [6, 6.07) is 4.62. The summed E-state index contributed by atoms with van der Waals surface area (Å²) in [6.07, 6.45) is 3.46. The molecule has 12 heteroatoms. The fraction of sp³-hybridized carbons (Fsp3) is 0.577. The molecular weight excluding hydrogens is 510 g/mol. The smallest absolute Gasteiger partial charge is 0.277 e. The number of nitrogens with one attached hydrogen (secondary N) is 1. The number of aryl methyl sites for hydroxylation is 2. The molecule has 3 aromatic rings. The molecule has 0 atom stereocenters. The Bertz CT molecular complexity index is 1420. The van der Waals surface area contributed by atoms with E-state index < -0.39 is 10.0 Å². The summed E-state index contributed by atoms with van der Waals surface area (Å²) in [6.45, 7) is 6.52. The van der Waals surface area contributed by atoms with Crippen molar-refractivity contribution in [1.29, 1.82) is 0 Å². The van der Waals surface area contributed by atoms with Gasteiger partial charge in [0, 0.05) is 38.6 Å². The van der Waals surface area contributed by atoms with Gasteiger partial charge in [0.05, 0.1) is 22.8 Å². The number of imidazole rings is 1. The van der Waals surface area contributed by atoms with E-state index in [1.807, 2.05) is 13.8 Å². The molecule has 0 amide bonds. The summed E-state index contributed by atoms with van der Waals surface area (Å²) in [5.41, 5.74) is 0.975. The summed E-state index contributed by atoms with van der Waals surface area (Å²) in [5.74, 6) is 1.36. The Kier molecular flexibility index (Phi) is 8.86. The second kappa shape index (κ2) is 11.9. The number of hydrogen-bond donors (Lipinski definition) is 3. The normalized spacial score (nSPS) is 15.5. The van der Waals surface area contributed by atoms with E-state index >= 15 is 0 Å². The molecule has 1 aromatic carbocycles. The van der Waals surface area contributed by atoms with Crippen molar-refractivity contribution in [2.45, 2.75) is 57.8 Å². The third kappa shape index (κ3) is 5.63. The van der Waals surface area contributed by atoms with Gasteiger partial charge < -0.3 is 19.9 Å². The predicted molar refractivity (Wildman–Crippen MR) is 143 cm³/mol. The molecule has 3 heterocycles. The van der Waals surface area contributed by atoms with Gasteiger partial charge in [-0.3, -0.25) is 4.79 Å². The molecule has 4 rings (SSSR count). The zero-order valence-electron chi connectivity index (χ0n) is 22.2. The van der Waals surface area contributed by atoms with Crippen molar-refractivity contribution in [2.24, 2.45) is 11.8 Å². The average Bonchev–Trinajstić information content (AvgIpc) is 3.23. The predicted octanol–water partition coefficient (Wildman–Crippen LogP) is 2.14. The first kappa shape index (κ1) is 28.2. The quantitative estimate of drug-likeness (QED) is 0.330. The number of ether oxygens (including phenoxy) is 1. The second-order valence-corrected chi connectivity index (χ2v) is 11.8. The highest BCUT2D eigenvalue weighted by molar-refractivity contribution is 7.89. The molecule has 0 saturated carbocycles. The van der Waals surface area contributed by atoms with Crippen molar-refractivity contribution in [2.75, 3.05) is 32.9 Å². The number of nitrogens with zero attached hydrogens (tertiary/aromatic N) is 4. The van der Waals surface area contributed by atoms with Crippen LogP contribution < -0.4 is 10.3 Å². The molecule has 2 aromatic heterocycles. The molecule has 1 saturated heterocycles. The fourth-order valence-electron chi connectivity index (χ4n) is 5.09. The van der Waals surface area contributed by atoms with Gasteiger partial charge in [0.25, 0.3) is 5.56 Å². The molecule has 0 spiro atoms. The summed E-state index contributed by atoms with van der Waals surface area (Å²) in [5, 5.41) is 23.4. The highest BCUT2D eigenvalue weighted by Crippen LogP contribution is 2.33. The van der Waals surface area contributed by atoms with Crippen LogP contribution in [0.5, 0.6) is 5.75 Å². The maximum Gasteiger partial charge on any atom is 0.277 e. The Balaban J connectivity index is 1.69. The van der Waals surface area contributed by atoms with Gasteiger partial charge >= 0.3 is 0 Å². The number of aromatic amines is 1. The van der Waals surface area contributed by atoms with Gasteiger partial charge in [-0.05, 0) is 63.6 Å². The van der Waals surface area contributed by atoms with E-state index in [-0.39, 0.29) is 41.3 Å². The molecule has 11 nitrogen and oxygen atoms in total. The van der Waals surface area contributed by atoms with Gasteiger partial charge in [-0.25, -0.2) is 17.9 Å². The standard InChI is InChI=1S/C26H37N5O6S/c1-4-6-23-27-17(3)24-26(34)28-25(29-31(23)24)21-14-20(7-8-22(21)37-5-2)38(35,36)30-11-9-18(10-12-30)13-19(15-32)16-33/h7-8,14,18-19,32-33H,4-6,9-13,15-16H2,1-3H3,(H,28,29,34). The van der Waals surface area contributed by atoms with E-state index in [2.05, 4.69) is 15.1 Å². The molecule has 0 bridgehead atoms. The zero-order chi connectivity index (χ0) is 27.4. The molecule has 1 fully saturated rings. The Hall–Kier alpha value is -2.80. The molecule has 3 N–H and O–H groups in total. The summed E-state index contributed by atoms with van der Waals surface area (Å²) < 4.78 is 36.0. The SMILES string of the molecule is CCCc1nc(C)c2c(=O)[nH]c(-c3cc(S(=O)(=O)N4CCC(CC(CO)CO)CC4)ccc3OCC)nn12. The number of H-pyrrole nitrogens is 1. The van der Waals surface area contributed by atoms with E-state index in [4.69, 9.17) is 4.74 Å². The van der Waals surface area contributed by atoms with Crippen LogP contribution in [0.3, 0.4) is 0 Å². The number of piperidine rings is 1.